The van der Waals surface area contributed by atoms with E-state index in [1.165, 1.54) is 32.1 Å². The van der Waals surface area contributed by atoms with Gasteiger partial charge in [-0.25, -0.2) is 4.79 Å². The molecule has 1 aromatic carbocycles. The van der Waals surface area contributed by atoms with E-state index in [2.05, 4.69) is 6.92 Å². The second kappa shape index (κ2) is 6.28. The van der Waals surface area contributed by atoms with E-state index in [4.69, 9.17) is 5.11 Å². The van der Waals surface area contributed by atoms with Crippen LogP contribution in [-0.2, 0) is 0 Å². The minimum absolute atomic E-state index is 0.392. The van der Waals surface area contributed by atoms with E-state index in [0.717, 1.165) is 10.8 Å². The summed E-state index contributed by atoms with van der Waals surface area (Å²) in [6.07, 6.45) is 6.49. The van der Waals surface area contributed by atoms with Gasteiger partial charge >= 0.3 is 5.97 Å². The predicted molar refractivity (Wildman–Crippen MR) is 75.3 cm³/mol. The van der Waals surface area contributed by atoms with Crippen LogP contribution in [0.25, 0.3) is 0 Å². The topological polar surface area (TPSA) is 37.3 Å². The number of thioether (sulfide) groups is 1. The van der Waals surface area contributed by atoms with Crippen LogP contribution in [0.15, 0.2) is 29.2 Å². The number of carbonyl (C=O) groups is 1. The standard InChI is InChI=1S/C15H20O2S/c1-2-11-5-3-7-13(9-11)18-14-8-4-6-12(10-14)15(16)17/h4,6,8,10-11,13H,2-3,5,7,9H2,1H3,(H,16,17). The second-order valence-corrected chi connectivity index (χ2v) is 6.39. The third-order valence-corrected chi connectivity index (χ3v) is 4.98. The van der Waals surface area contributed by atoms with Crippen LogP contribution >= 0.6 is 11.8 Å². The van der Waals surface area contributed by atoms with Gasteiger partial charge in [0, 0.05) is 10.1 Å². The van der Waals surface area contributed by atoms with Gasteiger partial charge in [0.25, 0.3) is 0 Å². The first-order valence-electron chi connectivity index (χ1n) is 6.69. The third-order valence-electron chi connectivity index (χ3n) is 3.70. The molecule has 0 radical (unpaired) electrons. The third kappa shape index (κ3) is 3.52. The van der Waals surface area contributed by atoms with Crippen LogP contribution in [0.3, 0.4) is 0 Å². The molecule has 0 aromatic heterocycles. The fourth-order valence-electron chi connectivity index (χ4n) is 2.61. The summed E-state index contributed by atoms with van der Waals surface area (Å²) in [7, 11) is 0. The maximum Gasteiger partial charge on any atom is 0.335 e. The maximum atomic E-state index is 10.9. The lowest BCUT2D eigenvalue weighted by Gasteiger charge is -2.28. The Hall–Kier alpha value is -0.960. The van der Waals surface area contributed by atoms with Crippen molar-refractivity contribution >= 4 is 17.7 Å². The Balaban J connectivity index is 2.00. The Morgan fingerprint density at radius 3 is 3.00 bits per heavy atom. The largest absolute Gasteiger partial charge is 0.478 e. The van der Waals surface area contributed by atoms with Crippen LogP contribution in [0.4, 0.5) is 0 Å². The molecular formula is C15H20O2S. The molecule has 3 heteroatoms. The van der Waals surface area contributed by atoms with Crippen molar-refractivity contribution in [3.8, 4) is 0 Å². The molecule has 0 amide bonds. The first-order chi connectivity index (χ1) is 8.69. The summed E-state index contributed by atoms with van der Waals surface area (Å²) in [4.78, 5) is 12.0. The Labute approximate surface area is 113 Å². The average molecular weight is 264 g/mol. The van der Waals surface area contributed by atoms with Crippen LogP contribution in [0.1, 0.15) is 49.4 Å². The molecule has 2 nitrogen and oxygen atoms in total. The van der Waals surface area contributed by atoms with Crippen molar-refractivity contribution in [3.05, 3.63) is 29.8 Å². The van der Waals surface area contributed by atoms with Gasteiger partial charge in [0.15, 0.2) is 0 Å². The summed E-state index contributed by atoms with van der Waals surface area (Å²) < 4.78 is 0. The summed E-state index contributed by atoms with van der Waals surface area (Å²) in [6.45, 7) is 2.27. The monoisotopic (exact) mass is 264 g/mol. The number of benzene rings is 1. The Bertz CT molecular complexity index is 417. The van der Waals surface area contributed by atoms with Gasteiger partial charge in [-0.05, 0) is 37.0 Å². The van der Waals surface area contributed by atoms with E-state index in [1.807, 2.05) is 23.9 Å². The van der Waals surface area contributed by atoms with Gasteiger partial charge in [0.05, 0.1) is 5.56 Å². The van der Waals surface area contributed by atoms with Gasteiger partial charge in [-0.3, -0.25) is 0 Å². The van der Waals surface area contributed by atoms with Gasteiger partial charge < -0.3 is 5.11 Å². The summed E-state index contributed by atoms with van der Waals surface area (Å²) in [5.41, 5.74) is 0.392. The highest BCUT2D eigenvalue weighted by Gasteiger charge is 2.21. The number of aromatic carboxylic acids is 1. The number of carboxylic acids is 1. The van der Waals surface area contributed by atoms with Crippen molar-refractivity contribution in [3.63, 3.8) is 0 Å². The Morgan fingerprint density at radius 1 is 1.44 bits per heavy atom. The highest BCUT2D eigenvalue weighted by Crippen LogP contribution is 2.37. The second-order valence-electron chi connectivity index (χ2n) is 5.01. The summed E-state index contributed by atoms with van der Waals surface area (Å²) in [5, 5.41) is 9.65. The van der Waals surface area contributed by atoms with Gasteiger partial charge in [-0.15, -0.1) is 11.8 Å². The molecule has 1 aliphatic rings. The Kier molecular flexibility index (Phi) is 4.70. The normalized spacial score (nSPS) is 23.8. The van der Waals surface area contributed by atoms with E-state index < -0.39 is 5.97 Å². The lowest BCUT2D eigenvalue weighted by Crippen LogP contribution is -2.16. The van der Waals surface area contributed by atoms with Gasteiger partial charge in [0.2, 0.25) is 0 Å². The molecule has 1 aromatic rings. The molecular weight excluding hydrogens is 244 g/mol. The van der Waals surface area contributed by atoms with Crippen LogP contribution in [0.5, 0.6) is 0 Å². The number of carboxylic acid groups (broad SMARTS) is 1. The van der Waals surface area contributed by atoms with Crippen molar-refractivity contribution in [2.45, 2.75) is 49.2 Å². The van der Waals surface area contributed by atoms with Crippen LogP contribution in [0.2, 0.25) is 0 Å². The lowest BCUT2D eigenvalue weighted by atomic mass is 9.87. The highest BCUT2D eigenvalue weighted by atomic mass is 32.2. The highest BCUT2D eigenvalue weighted by molar-refractivity contribution is 8.00. The van der Waals surface area contributed by atoms with E-state index >= 15 is 0 Å². The zero-order chi connectivity index (χ0) is 13.0. The summed E-state index contributed by atoms with van der Waals surface area (Å²) >= 11 is 1.85. The van der Waals surface area contributed by atoms with E-state index in [-0.39, 0.29) is 0 Å². The molecule has 2 rings (SSSR count). The number of hydrogen-bond acceptors (Lipinski definition) is 2. The molecule has 0 spiro atoms. The molecule has 1 saturated carbocycles. The summed E-state index contributed by atoms with van der Waals surface area (Å²) in [6, 6.07) is 7.31. The number of rotatable bonds is 4. The molecule has 0 heterocycles. The molecule has 1 fully saturated rings. The number of hydrogen-bond donors (Lipinski definition) is 1. The molecule has 18 heavy (non-hydrogen) atoms. The first kappa shape index (κ1) is 13.5. The molecule has 0 aliphatic heterocycles. The van der Waals surface area contributed by atoms with E-state index in [0.29, 0.717) is 10.8 Å². The van der Waals surface area contributed by atoms with Gasteiger partial charge in [-0.2, -0.15) is 0 Å². The minimum atomic E-state index is -0.840. The van der Waals surface area contributed by atoms with Crippen molar-refractivity contribution in [1.29, 1.82) is 0 Å². The molecule has 98 valence electrons. The maximum absolute atomic E-state index is 10.9. The van der Waals surface area contributed by atoms with Crippen molar-refractivity contribution in [1.82, 2.24) is 0 Å². The quantitative estimate of drug-likeness (QED) is 0.873. The first-order valence-corrected chi connectivity index (χ1v) is 7.57. The lowest BCUT2D eigenvalue weighted by molar-refractivity contribution is 0.0696. The smallest absolute Gasteiger partial charge is 0.335 e. The SMILES string of the molecule is CCC1CCCC(Sc2cccc(C(=O)O)c2)C1. The van der Waals surface area contributed by atoms with Crippen LogP contribution in [-0.4, -0.2) is 16.3 Å². The molecule has 2 atom stereocenters. The molecule has 1 aliphatic carbocycles. The molecule has 0 saturated heterocycles. The minimum Gasteiger partial charge on any atom is -0.478 e. The zero-order valence-corrected chi connectivity index (χ0v) is 11.6. The Morgan fingerprint density at radius 2 is 2.28 bits per heavy atom. The van der Waals surface area contributed by atoms with Crippen LogP contribution in [0, 0.1) is 5.92 Å². The molecule has 1 N–H and O–H groups in total. The average Bonchev–Trinajstić information content (AvgIpc) is 2.39. The van der Waals surface area contributed by atoms with E-state index in [1.54, 1.807) is 12.1 Å². The van der Waals surface area contributed by atoms with Gasteiger partial charge in [-0.1, -0.05) is 32.3 Å². The molecule has 0 bridgehead atoms. The van der Waals surface area contributed by atoms with Crippen molar-refractivity contribution in [2.75, 3.05) is 0 Å². The fourth-order valence-corrected chi connectivity index (χ4v) is 4.00. The van der Waals surface area contributed by atoms with Crippen molar-refractivity contribution in [2.24, 2.45) is 5.92 Å². The summed E-state index contributed by atoms with van der Waals surface area (Å²) in [5.74, 6) is 0.0198. The zero-order valence-electron chi connectivity index (χ0n) is 10.8. The molecule has 2 unspecified atom stereocenters. The van der Waals surface area contributed by atoms with E-state index in [9.17, 15) is 4.79 Å². The van der Waals surface area contributed by atoms with Gasteiger partial charge in [0.1, 0.15) is 0 Å². The van der Waals surface area contributed by atoms with Crippen molar-refractivity contribution < 1.29 is 9.90 Å². The van der Waals surface area contributed by atoms with Crippen LogP contribution < -0.4 is 0 Å². The predicted octanol–water partition coefficient (Wildman–Crippen LogP) is 4.45. The fraction of sp³-hybridized carbons (Fsp3) is 0.533.